The van der Waals surface area contributed by atoms with Crippen LogP contribution < -0.4 is 10.6 Å². The van der Waals surface area contributed by atoms with Gasteiger partial charge in [0.2, 0.25) is 5.91 Å². The van der Waals surface area contributed by atoms with E-state index in [4.69, 9.17) is 0 Å². The molecule has 1 amide bonds. The number of alkyl halides is 3. The summed E-state index contributed by atoms with van der Waals surface area (Å²) in [5, 5.41) is 5.42. The lowest BCUT2D eigenvalue weighted by molar-refractivity contribution is -0.137. The quantitative estimate of drug-likeness (QED) is 0.864. The second-order valence-electron chi connectivity index (χ2n) is 4.34. The molecule has 0 saturated carbocycles. The summed E-state index contributed by atoms with van der Waals surface area (Å²) < 4.78 is 37.9. The molecule has 1 rings (SSSR count). The lowest BCUT2D eigenvalue weighted by Gasteiger charge is -2.11. The molecule has 0 radical (unpaired) electrons. The molecule has 0 bridgehead atoms. The van der Waals surface area contributed by atoms with E-state index in [0.29, 0.717) is 24.1 Å². The molecular formula is C13H17F3N2O. The molecule has 0 aromatic heterocycles. The van der Waals surface area contributed by atoms with E-state index in [1.807, 2.05) is 0 Å². The van der Waals surface area contributed by atoms with Gasteiger partial charge in [-0.3, -0.25) is 4.79 Å². The van der Waals surface area contributed by atoms with Crippen LogP contribution >= 0.6 is 0 Å². The van der Waals surface area contributed by atoms with Crippen LogP contribution in [0.1, 0.15) is 23.1 Å². The number of aryl methyl sites for hydroxylation is 1. The summed E-state index contributed by atoms with van der Waals surface area (Å²) in [6.45, 7) is 2.24. The number of carbonyl (C=O) groups is 1. The number of benzene rings is 1. The van der Waals surface area contributed by atoms with Crippen molar-refractivity contribution < 1.29 is 18.0 Å². The third kappa shape index (κ3) is 5.30. The molecule has 1 aromatic carbocycles. The number of carbonyl (C=O) groups excluding carboxylic acids is 1. The van der Waals surface area contributed by atoms with Crippen LogP contribution in [0.25, 0.3) is 0 Å². The first-order valence-electron chi connectivity index (χ1n) is 5.92. The Morgan fingerprint density at radius 2 is 1.95 bits per heavy atom. The van der Waals surface area contributed by atoms with Crippen molar-refractivity contribution >= 4 is 5.91 Å². The summed E-state index contributed by atoms with van der Waals surface area (Å²) in [6.07, 6.45) is -4.06. The summed E-state index contributed by atoms with van der Waals surface area (Å²) in [4.78, 5) is 11.4. The molecule has 0 spiro atoms. The third-order valence-electron chi connectivity index (χ3n) is 2.56. The fraction of sp³-hybridized carbons (Fsp3) is 0.462. The number of nitrogens with one attached hydrogen (secondary N) is 2. The molecule has 0 unspecified atom stereocenters. The van der Waals surface area contributed by atoms with Gasteiger partial charge in [-0.2, -0.15) is 13.2 Å². The molecule has 106 valence electrons. The minimum atomic E-state index is -4.36. The van der Waals surface area contributed by atoms with E-state index in [9.17, 15) is 18.0 Å². The van der Waals surface area contributed by atoms with Gasteiger partial charge < -0.3 is 10.6 Å². The molecule has 0 fully saturated rings. The predicted molar refractivity (Wildman–Crippen MR) is 66.6 cm³/mol. The minimum Gasteiger partial charge on any atom is -0.352 e. The first-order valence-corrected chi connectivity index (χ1v) is 5.92. The standard InChI is InChI=1S/C13H17F3N2O/c1-9-5-10(7-11(6-9)13(14,15)16)8-18-12(19)3-4-17-2/h5-7,17H,3-4,8H2,1-2H3,(H,18,19). The maximum Gasteiger partial charge on any atom is 0.416 e. The van der Waals surface area contributed by atoms with Crippen LogP contribution in [0.5, 0.6) is 0 Å². The summed E-state index contributed by atoms with van der Waals surface area (Å²) >= 11 is 0. The largest absolute Gasteiger partial charge is 0.416 e. The number of amides is 1. The Kier molecular flexibility index (Phi) is 5.35. The monoisotopic (exact) mass is 274 g/mol. The van der Waals surface area contributed by atoms with Gasteiger partial charge in [0.1, 0.15) is 0 Å². The van der Waals surface area contributed by atoms with Gasteiger partial charge in [0, 0.05) is 19.5 Å². The van der Waals surface area contributed by atoms with Crippen LogP contribution in [0.4, 0.5) is 13.2 Å². The molecule has 3 nitrogen and oxygen atoms in total. The number of hydrogen-bond acceptors (Lipinski definition) is 2. The van der Waals surface area contributed by atoms with Crippen LogP contribution in [0, 0.1) is 6.92 Å². The Morgan fingerprint density at radius 3 is 2.53 bits per heavy atom. The zero-order chi connectivity index (χ0) is 14.5. The molecule has 2 N–H and O–H groups in total. The highest BCUT2D eigenvalue weighted by Gasteiger charge is 2.30. The van der Waals surface area contributed by atoms with Gasteiger partial charge in [-0.15, -0.1) is 0 Å². The Hall–Kier alpha value is -1.56. The molecule has 1 aromatic rings. The second kappa shape index (κ2) is 6.56. The van der Waals surface area contributed by atoms with Crippen molar-refractivity contribution in [1.29, 1.82) is 0 Å². The zero-order valence-electron chi connectivity index (χ0n) is 10.9. The Bertz CT molecular complexity index is 444. The van der Waals surface area contributed by atoms with Gasteiger partial charge in [0.05, 0.1) is 5.56 Å². The zero-order valence-corrected chi connectivity index (χ0v) is 10.9. The van der Waals surface area contributed by atoms with Gasteiger partial charge in [-0.1, -0.05) is 11.6 Å². The van der Waals surface area contributed by atoms with Crippen molar-refractivity contribution in [2.75, 3.05) is 13.6 Å². The molecule has 0 aliphatic rings. The Morgan fingerprint density at radius 1 is 1.26 bits per heavy atom. The number of rotatable bonds is 5. The first kappa shape index (κ1) is 15.5. The average molecular weight is 274 g/mol. The van der Waals surface area contributed by atoms with Crippen LogP contribution in [0.15, 0.2) is 18.2 Å². The van der Waals surface area contributed by atoms with Crippen LogP contribution in [-0.4, -0.2) is 19.5 Å². The van der Waals surface area contributed by atoms with Gasteiger partial charge in [0.25, 0.3) is 0 Å². The fourth-order valence-corrected chi connectivity index (χ4v) is 1.66. The van der Waals surface area contributed by atoms with Crippen molar-refractivity contribution in [3.05, 3.63) is 34.9 Å². The summed E-state index contributed by atoms with van der Waals surface area (Å²) in [7, 11) is 1.73. The van der Waals surface area contributed by atoms with Crippen molar-refractivity contribution in [3.8, 4) is 0 Å². The summed E-state index contributed by atoms with van der Waals surface area (Å²) in [6, 6.07) is 3.78. The van der Waals surface area contributed by atoms with E-state index in [0.717, 1.165) is 12.1 Å². The lowest BCUT2D eigenvalue weighted by atomic mass is 10.1. The molecule has 0 aliphatic carbocycles. The fourth-order valence-electron chi connectivity index (χ4n) is 1.66. The third-order valence-corrected chi connectivity index (χ3v) is 2.56. The van der Waals surface area contributed by atoms with Crippen molar-refractivity contribution in [1.82, 2.24) is 10.6 Å². The Balaban J connectivity index is 2.69. The van der Waals surface area contributed by atoms with E-state index < -0.39 is 11.7 Å². The van der Waals surface area contributed by atoms with Crippen molar-refractivity contribution in [2.45, 2.75) is 26.1 Å². The topological polar surface area (TPSA) is 41.1 Å². The highest BCUT2D eigenvalue weighted by atomic mass is 19.4. The molecule has 0 atom stereocenters. The number of hydrogen-bond donors (Lipinski definition) is 2. The predicted octanol–water partition coefficient (Wildman–Crippen LogP) is 2.24. The Labute approximate surface area is 110 Å². The van der Waals surface area contributed by atoms with Gasteiger partial charge >= 0.3 is 6.18 Å². The van der Waals surface area contributed by atoms with Gasteiger partial charge in [-0.25, -0.2) is 0 Å². The second-order valence-corrected chi connectivity index (χ2v) is 4.34. The molecule has 0 heterocycles. The normalized spacial score (nSPS) is 11.4. The van der Waals surface area contributed by atoms with Gasteiger partial charge in [-0.05, 0) is 31.7 Å². The van der Waals surface area contributed by atoms with Crippen LogP contribution in [0.3, 0.4) is 0 Å². The van der Waals surface area contributed by atoms with E-state index in [1.165, 1.54) is 0 Å². The first-order chi connectivity index (χ1) is 8.82. The summed E-state index contributed by atoms with van der Waals surface area (Å²) in [5.74, 6) is -0.190. The van der Waals surface area contributed by atoms with Crippen LogP contribution in [-0.2, 0) is 17.5 Å². The van der Waals surface area contributed by atoms with E-state index in [-0.39, 0.29) is 12.5 Å². The highest BCUT2D eigenvalue weighted by molar-refractivity contribution is 5.76. The van der Waals surface area contributed by atoms with Crippen molar-refractivity contribution in [2.24, 2.45) is 0 Å². The molecular weight excluding hydrogens is 257 g/mol. The minimum absolute atomic E-state index is 0.104. The molecule has 6 heteroatoms. The van der Waals surface area contributed by atoms with E-state index >= 15 is 0 Å². The van der Waals surface area contributed by atoms with E-state index in [1.54, 1.807) is 20.0 Å². The maximum atomic E-state index is 12.6. The highest BCUT2D eigenvalue weighted by Crippen LogP contribution is 2.30. The van der Waals surface area contributed by atoms with Crippen LogP contribution in [0.2, 0.25) is 0 Å². The molecule has 19 heavy (non-hydrogen) atoms. The number of halogens is 3. The van der Waals surface area contributed by atoms with E-state index in [2.05, 4.69) is 10.6 Å². The average Bonchev–Trinajstić information content (AvgIpc) is 2.32. The maximum absolute atomic E-state index is 12.6. The lowest BCUT2D eigenvalue weighted by Crippen LogP contribution is -2.26. The van der Waals surface area contributed by atoms with Crippen molar-refractivity contribution in [3.63, 3.8) is 0 Å². The molecule has 0 saturated heterocycles. The summed E-state index contributed by atoms with van der Waals surface area (Å²) in [5.41, 5.74) is 0.284. The smallest absolute Gasteiger partial charge is 0.352 e. The molecule has 0 aliphatic heterocycles. The SMILES string of the molecule is CNCCC(=O)NCc1cc(C)cc(C(F)(F)F)c1. The van der Waals surface area contributed by atoms with Gasteiger partial charge in [0.15, 0.2) is 0 Å².